The van der Waals surface area contributed by atoms with E-state index in [-0.39, 0.29) is 11.2 Å². The molecule has 0 aliphatic rings. The number of anilines is 1. The Labute approximate surface area is 164 Å². The highest BCUT2D eigenvalue weighted by Crippen LogP contribution is 2.29. The van der Waals surface area contributed by atoms with Crippen LogP contribution in [0.25, 0.3) is 10.9 Å². The molecule has 1 atom stereocenters. The lowest BCUT2D eigenvalue weighted by molar-refractivity contribution is -0.115. The lowest BCUT2D eigenvalue weighted by atomic mass is 10.1. The number of amides is 1. The van der Waals surface area contributed by atoms with Crippen molar-refractivity contribution in [3.05, 3.63) is 60.2 Å². The van der Waals surface area contributed by atoms with E-state index in [1.807, 2.05) is 56.3 Å². The monoisotopic (exact) mass is 380 g/mol. The van der Waals surface area contributed by atoms with Gasteiger partial charge in [0, 0.05) is 11.1 Å². The Kier molecular flexibility index (Phi) is 6.35. The minimum absolute atomic E-state index is 0.0146. The second-order valence-electron chi connectivity index (χ2n) is 6.26. The third-order valence-corrected chi connectivity index (χ3v) is 5.54. The van der Waals surface area contributed by atoms with Crippen molar-refractivity contribution in [3.63, 3.8) is 0 Å². The van der Waals surface area contributed by atoms with E-state index < -0.39 is 0 Å². The Morgan fingerprint density at radius 2 is 1.89 bits per heavy atom. The summed E-state index contributed by atoms with van der Waals surface area (Å²) in [7, 11) is 0. The number of fused-ring (bicyclic) bond motifs is 1. The first-order chi connectivity index (χ1) is 13.1. The summed E-state index contributed by atoms with van der Waals surface area (Å²) in [6.45, 7) is 6.66. The maximum absolute atomic E-state index is 12.7. The van der Waals surface area contributed by atoms with Crippen LogP contribution in [0.1, 0.15) is 25.8 Å². The molecule has 0 spiro atoms. The molecule has 1 N–H and O–H groups in total. The number of carbonyl (C=O) groups is 1. The lowest BCUT2D eigenvalue weighted by Crippen LogP contribution is -2.24. The third kappa shape index (κ3) is 4.80. The highest BCUT2D eigenvalue weighted by molar-refractivity contribution is 8.00. The van der Waals surface area contributed by atoms with Crippen molar-refractivity contribution >= 4 is 34.3 Å². The fraction of sp³-hybridized carbons (Fsp3) is 0.273. The molecule has 0 aliphatic carbocycles. The first kappa shape index (κ1) is 19.2. The Morgan fingerprint density at radius 1 is 1.15 bits per heavy atom. The summed E-state index contributed by atoms with van der Waals surface area (Å²) in [5.41, 5.74) is 2.90. The molecule has 4 nitrogen and oxygen atoms in total. The van der Waals surface area contributed by atoms with Crippen LogP contribution in [0.4, 0.5) is 5.69 Å². The number of nitrogens with one attached hydrogen (secondary N) is 1. The van der Waals surface area contributed by atoms with Gasteiger partial charge in [-0.1, -0.05) is 36.9 Å². The van der Waals surface area contributed by atoms with E-state index in [0.29, 0.717) is 6.61 Å². The number of thioether (sulfide) groups is 1. The molecule has 3 aromatic rings. The predicted molar refractivity (Wildman–Crippen MR) is 113 cm³/mol. The summed E-state index contributed by atoms with van der Waals surface area (Å²) in [6.07, 6.45) is 0.723. The van der Waals surface area contributed by atoms with Crippen molar-refractivity contribution in [2.75, 3.05) is 11.9 Å². The molecule has 1 heterocycles. The van der Waals surface area contributed by atoms with Crippen LogP contribution in [-0.4, -0.2) is 22.7 Å². The molecule has 2 aromatic carbocycles. The highest BCUT2D eigenvalue weighted by Gasteiger charge is 2.19. The molecule has 140 valence electrons. The van der Waals surface area contributed by atoms with Crippen LogP contribution < -0.4 is 10.1 Å². The first-order valence-electron chi connectivity index (χ1n) is 9.17. The van der Waals surface area contributed by atoms with E-state index in [0.717, 1.165) is 33.8 Å². The second-order valence-corrected chi connectivity index (χ2v) is 7.48. The molecule has 1 unspecified atom stereocenters. The number of nitrogens with zero attached hydrogens (tertiary/aromatic N) is 1. The van der Waals surface area contributed by atoms with Gasteiger partial charge in [-0.25, -0.2) is 4.98 Å². The van der Waals surface area contributed by atoms with Crippen molar-refractivity contribution in [1.29, 1.82) is 0 Å². The zero-order valence-corrected chi connectivity index (χ0v) is 16.7. The summed E-state index contributed by atoms with van der Waals surface area (Å²) in [5, 5.41) is 4.81. The largest absolute Gasteiger partial charge is 0.494 e. The number of benzene rings is 2. The van der Waals surface area contributed by atoms with E-state index in [4.69, 9.17) is 9.72 Å². The lowest BCUT2D eigenvalue weighted by Gasteiger charge is -2.15. The molecule has 0 bridgehead atoms. The van der Waals surface area contributed by atoms with Gasteiger partial charge < -0.3 is 10.1 Å². The number of aromatic nitrogens is 1. The van der Waals surface area contributed by atoms with Crippen LogP contribution in [0, 0.1) is 6.92 Å². The molecule has 0 aliphatic heterocycles. The molecule has 0 saturated carbocycles. The number of hydrogen-bond donors (Lipinski definition) is 1. The van der Waals surface area contributed by atoms with Crippen molar-refractivity contribution in [3.8, 4) is 5.75 Å². The van der Waals surface area contributed by atoms with Crippen LogP contribution in [0.3, 0.4) is 0 Å². The Hall–Kier alpha value is -2.53. The van der Waals surface area contributed by atoms with Gasteiger partial charge in [-0.3, -0.25) is 4.79 Å². The maximum atomic E-state index is 12.7. The summed E-state index contributed by atoms with van der Waals surface area (Å²) in [6, 6.07) is 17.6. The zero-order valence-electron chi connectivity index (χ0n) is 15.9. The van der Waals surface area contributed by atoms with E-state index >= 15 is 0 Å². The molecule has 1 aromatic heterocycles. The topological polar surface area (TPSA) is 51.2 Å². The highest BCUT2D eigenvalue weighted by atomic mass is 32.2. The smallest absolute Gasteiger partial charge is 0.237 e. The Morgan fingerprint density at radius 3 is 2.59 bits per heavy atom. The number of hydrogen-bond acceptors (Lipinski definition) is 4. The van der Waals surface area contributed by atoms with Crippen molar-refractivity contribution in [2.24, 2.45) is 0 Å². The standard InChI is InChI=1S/C22H24N2O2S/c1-4-20(22(25)23-16-10-12-17(13-11-16)26-5-2)27-21-14-15(3)18-8-6-7-9-19(18)24-21/h6-14,20H,4-5H2,1-3H3,(H,23,25). The summed E-state index contributed by atoms with van der Waals surface area (Å²) in [5.74, 6) is 0.784. The molecule has 0 fully saturated rings. The van der Waals surface area contributed by atoms with E-state index in [1.54, 1.807) is 0 Å². The van der Waals surface area contributed by atoms with Gasteiger partial charge in [0.15, 0.2) is 0 Å². The number of ether oxygens (including phenoxy) is 1. The van der Waals surface area contributed by atoms with Gasteiger partial charge in [-0.2, -0.15) is 0 Å². The fourth-order valence-electron chi connectivity index (χ4n) is 2.87. The van der Waals surface area contributed by atoms with Crippen LogP contribution in [0.15, 0.2) is 59.6 Å². The van der Waals surface area contributed by atoms with Crippen LogP contribution in [0.5, 0.6) is 5.75 Å². The SMILES string of the molecule is CCOc1ccc(NC(=O)C(CC)Sc2cc(C)c3ccccc3n2)cc1. The summed E-state index contributed by atoms with van der Waals surface area (Å²) >= 11 is 1.51. The number of rotatable bonds is 7. The number of para-hydroxylation sites is 1. The molecule has 3 rings (SSSR count). The van der Waals surface area contributed by atoms with Crippen LogP contribution in [-0.2, 0) is 4.79 Å². The normalized spacial score (nSPS) is 12.0. The van der Waals surface area contributed by atoms with E-state index in [1.165, 1.54) is 17.3 Å². The molecule has 27 heavy (non-hydrogen) atoms. The van der Waals surface area contributed by atoms with Gasteiger partial charge in [-0.15, -0.1) is 0 Å². The van der Waals surface area contributed by atoms with Crippen molar-refractivity contribution in [2.45, 2.75) is 37.5 Å². The average Bonchev–Trinajstić information content (AvgIpc) is 2.68. The van der Waals surface area contributed by atoms with Gasteiger partial charge >= 0.3 is 0 Å². The molecule has 5 heteroatoms. The van der Waals surface area contributed by atoms with E-state index in [9.17, 15) is 4.79 Å². The van der Waals surface area contributed by atoms with E-state index in [2.05, 4.69) is 24.4 Å². The van der Waals surface area contributed by atoms with Crippen molar-refractivity contribution in [1.82, 2.24) is 4.98 Å². The molecular formula is C22H24N2O2S. The van der Waals surface area contributed by atoms with Gasteiger partial charge in [-0.05, 0) is 62.2 Å². The minimum Gasteiger partial charge on any atom is -0.494 e. The van der Waals surface area contributed by atoms with Gasteiger partial charge in [0.1, 0.15) is 5.75 Å². The van der Waals surface area contributed by atoms with Crippen molar-refractivity contribution < 1.29 is 9.53 Å². The molecule has 1 amide bonds. The van der Waals surface area contributed by atoms with Crippen LogP contribution >= 0.6 is 11.8 Å². The third-order valence-electron chi connectivity index (χ3n) is 4.26. The molecule has 0 radical (unpaired) electrons. The average molecular weight is 381 g/mol. The fourth-order valence-corrected chi connectivity index (χ4v) is 3.89. The quantitative estimate of drug-likeness (QED) is 0.554. The summed E-state index contributed by atoms with van der Waals surface area (Å²) < 4.78 is 5.43. The Balaban J connectivity index is 1.71. The van der Waals surface area contributed by atoms with Crippen LogP contribution in [0.2, 0.25) is 0 Å². The Bertz CT molecular complexity index is 925. The van der Waals surface area contributed by atoms with Gasteiger partial charge in [0.2, 0.25) is 5.91 Å². The second kappa shape index (κ2) is 8.91. The molecular weight excluding hydrogens is 356 g/mol. The minimum atomic E-state index is -0.204. The first-order valence-corrected chi connectivity index (χ1v) is 10.1. The summed E-state index contributed by atoms with van der Waals surface area (Å²) in [4.78, 5) is 17.4. The number of carbonyl (C=O) groups excluding carboxylic acids is 1. The number of pyridine rings is 1. The molecule has 0 saturated heterocycles. The predicted octanol–water partition coefficient (Wildman–Crippen LogP) is 5.45. The van der Waals surface area contributed by atoms with Gasteiger partial charge in [0.25, 0.3) is 0 Å². The number of aryl methyl sites for hydroxylation is 1. The van der Waals surface area contributed by atoms with Gasteiger partial charge in [0.05, 0.1) is 22.4 Å². The maximum Gasteiger partial charge on any atom is 0.237 e. The zero-order chi connectivity index (χ0) is 19.2.